The van der Waals surface area contributed by atoms with Crippen molar-refractivity contribution in [3.63, 3.8) is 0 Å². The summed E-state index contributed by atoms with van der Waals surface area (Å²) < 4.78 is 16.3. The van der Waals surface area contributed by atoms with Crippen LogP contribution < -0.4 is 14.2 Å². The topological polar surface area (TPSA) is 47.9 Å². The average Bonchev–Trinajstić information content (AvgIpc) is 2.79. The predicted molar refractivity (Wildman–Crippen MR) is 61.5 cm³/mol. The van der Waals surface area contributed by atoms with Crippen molar-refractivity contribution in [3.8, 4) is 17.2 Å². The number of aliphatic hydroxyl groups is 1. The summed E-state index contributed by atoms with van der Waals surface area (Å²) in [6.07, 6.45) is 3.50. The molecule has 1 aromatic carbocycles. The van der Waals surface area contributed by atoms with Gasteiger partial charge in [-0.05, 0) is 31.4 Å². The van der Waals surface area contributed by atoms with Crippen LogP contribution in [-0.2, 0) is 0 Å². The largest absolute Gasteiger partial charge is 0.488 e. The number of benzene rings is 1. The highest BCUT2D eigenvalue weighted by atomic mass is 16.7. The highest BCUT2D eigenvalue weighted by Gasteiger charge is 2.25. The van der Waals surface area contributed by atoms with Gasteiger partial charge in [0, 0.05) is 6.07 Å². The molecule has 0 saturated heterocycles. The highest BCUT2D eigenvalue weighted by molar-refractivity contribution is 5.46. The van der Waals surface area contributed by atoms with Crippen molar-refractivity contribution in [2.75, 3.05) is 6.79 Å². The van der Waals surface area contributed by atoms with E-state index in [-0.39, 0.29) is 19.0 Å². The molecule has 0 aromatic heterocycles. The van der Waals surface area contributed by atoms with Crippen LogP contribution >= 0.6 is 0 Å². The molecular weight excluding hydrogens is 220 g/mol. The lowest BCUT2D eigenvalue weighted by atomic mass is 9.95. The molecule has 4 nitrogen and oxygen atoms in total. The lowest BCUT2D eigenvalue weighted by Gasteiger charge is -2.28. The molecule has 0 amide bonds. The van der Waals surface area contributed by atoms with Gasteiger partial charge in [-0.3, -0.25) is 0 Å². The Bertz CT molecular complexity index is 404. The summed E-state index contributed by atoms with van der Waals surface area (Å²) in [5.74, 6) is 2.20. The van der Waals surface area contributed by atoms with Crippen molar-refractivity contribution in [3.05, 3.63) is 18.2 Å². The van der Waals surface area contributed by atoms with E-state index in [2.05, 4.69) is 0 Å². The van der Waals surface area contributed by atoms with Crippen LogP contribution in [0.5, 0.6) is 17.2 Å². The number of fused-ring (bicyclic) bond motifs is 1. The normalized spacial score (nSPS) is 26.9. The fourth-order valence-corrected chi connectivity index (χ4v) is 2.34. The smallest absolute Gasteiger partial charge is 0.231 e. The van der Waals surface area contributed by atoms with Crippen LogP contribution in [0.15, 0.2) is 18.2 Å². The molecule has 2 atom stereocenters. The van der Waals surface area contributed by atoms with Gasteiger partial charge in [0.2, 0.25) is 6.79 Å². The van der Waals surface area contributed by atoms with Gasteiger partial charge in [0.1, 0.15) is 11.9 Å². The molecule has 1 saturated carbocycles. The first-order chi connectivity index (χ1) is 8.33. The van der Waals surface area contributed by atoms with E-state index >= 15 is 0 Å². The third-order valence-corrected chi connectivity index (χ3v) is 3.30. The minimum absolute atomic E-state index is 0.0934. The third-order valence-electron chi connectivity index (χ3n) is 3.30. The van der Waals surface area contributed by atoms with E-state index in [1.54, 1.807) is 0 Å². The summed E-state index contributed by atoms with van der Waals surface area (Å²) in [6, 6.07) is 5.52. The molecule has 92 valence electrons. The van der Waals surface area contributed by atoms with E-state index in [1.807, 2.05) is 18.2 Å². The molecule has 17 heavy (non-hydrogen) atoms. The van der Waals surface area contributed by atoms with Crippen LogP contribution in [0.1, 0.15) is 25.7 Å². The second-order valence-electron chi connectivity index (χ2n) is 4.52. The van der Waals surface area contributed by atoms with Crippen LogP contribution in [0, 0.1) is 0 Å². The van der Waals surface area contributed by atoms with E-state index in [9.17, 15) is 5.11 Å². The maximum Gasteiger partial charge on any atom is 0.231 e. The van der Waals surface area contributed by atoms with Crippen molar-refractivity contribution >= 4 is 0 Å². The van der Waals surface area contributed by atoms with Gasteiger partial charge in [0.05, 0.1) is 6.10 Å². The molecular formula is C13H16O4. The van der Waals surface area contributed by atoms with Gasteiger partial charge in [0.15, 0.2) is 11.5 Å². The van der Waals surface area contributed by atoms with Crippen LogP contribution in [0.2, 0.25) is 0 Å². The maximum atomic E-state index is 9.84. The molecule has 2 aliphatic rings. The number of hydrogen-bond acceptors (Lipinski definition) is 4. The SMILES string of the molecule is O[C@H]1CCCC[C@@H]1Oc1ccc2c(c1)OCO2. The molecule has 4 heteroatoms. The number of aliphatic hydroxyl groups excluding tert-OH is 1. The summed E-state index contributed by atoms with van der Waals surface area (Å²) in [7, 11) is 0. The molecule has 3 rings (SSSR count). The molecule has 1 N–H and O–H groups in total. The molecule has 1 aromatic rings. The van der Waals surface area contributed by atoms with Crippen LogP contribution in [-0.4, -0.2) is 24.1 Å². The summed E-state index contributed by atoms with van der Waals surface area (Å²) in [5.41, 5.74) is 0. The quantitative estimate of drug-likeness (QED) is 0.854. The van der Waals surface area contributed by atoms with E-state index < -0.39 is 0 Å². The zero-order valence-corrected chi connectivity index (χ0v) is 9.59. The van der Waals surface area contributed by atoms with Crippen LogP contribution in [0.25, 0.3) is 0 Å². The monoisotopic (exact) mass is 236 g/mol. The lowest BCUT2D eigenvalue weighted by Crippen LogP contribution is -2.34. The predicted octanol–water partition coefficient (Wildman–Crippen LogP) is 2.10. The first kappa shape index (κ1) is 10.7. The molecule has 0 unspecified atom stereocenters. The Hall–Kier alpha value is -1.42. The first-order valence-electron chi connectivity index (χ1n) is 6.07. The lowest BCUT2D eigenvalue weighted by molar-refractivity contribution is 0.00679. The summed E-state index contributed by atoms with van der Waals surface area (Å²) in [6.45, 7) is 0.269. The minimum atomic E-state index is -0.353. The molecule has 1 heterocycles. The number of hydrogen-bond donors (Lipinski definition) is 1. The summed E-state index contributed by atoms with van der Waals surface area (Å²) in [5, 5.41) is 9.84. The second-order valence-corrected chi connectivity index (χ2v) is 4.52. The summed E-state index contributed by atoms with van der Waals surface area (Å²) in [4.78, 5) is 0. The molecule has 1 fully saturated rings. The number of ether oxygens (including phenoxy) is 3. The Balaban J connectivity index is 1.72. The van der Waals surface area contributed by atoms with Crippen LogP contribution in [0.4, 0.5) is 0 Å². The molecule has 0 bridgehead atoms. The standard InChI is InChI=1S/C13H16O4/c14-10-3-1-2-4-11(10)17-9-5-6-12-13(7-9)16-8-15-12/h5-7,10-11,14H,1-4,8H2/t10-,11-/m0/s1. The van der Waals surface area contributed by atoms with Crippen molar-refractivity contribution in [1.29, 1.82) is 0 Å². The Kier molecular flexibility index (Phi) is 2.81. The Morgan fingerprint density at radius 2 is 1.94 bits per heavy atom. The van der Waals surface area contributed by atoms with Gasteiger partial charge in [-0.2, -0.15) is 0 Å². The van der Waals surface area contributed by atoms with Gasteiger partial charge >= 0.3 is 0 Å². The van der Waals surface area contributed by atoms with Gasteiger partial charge < -0.3 is 19.3 Å². The average molecular weight is 236 g/mol. The van der Waals surface area contributed by atoms with Gasteiger partial charge in [-0.15, -0.1) is 0 Å². The maximum absolute atomic E-state index is 9.84. The van der Waals surface area contributed by atoms with Crippen LogP contribution in [0.3, 0.4) is 0 Å². The Labute approximate surface area is 100 Å². The fraction of sp³-hybridized carbons (Fsp3) is 0.538. The molecule has 0 radical (unpaired) electrons. The Morgan fingerprint density at radius 1 is 1.12 bits per heavy atom. The van der Waals surface area contributed by atoms with Crippen molar-refractivity contribution in [2.24, 2.45) is 0 Å². The fourth-order valence-electron chi connectivity index (χ4n) is 2.34. The Morgan fingerprint density at radius 3 is 2.82 bits per heavy atom. The molecule has 1 aliphatic carbocycles. The van der Waals surface area contributed by atoms with Crippen molar-refractivity contribution < 1.29 is 19.3 Å². The third kappa shape index (κ3) is 2.17. The van der Waals surface area contributed by atoms with Crippen molar-refractivity contribution in [2.45, 2.75) is 37.9 Å². The van der Waals surface area contributed by atoms with Gasteiger partial charge in [0.25, 0.3) is 0 Å². The van der Waals surface area contributed by atoms with E-state index in [4.69, 9.17) is 14.2 Å². The van der Waals surface area contributed by atoms with E-state index in [0.29, 0.717) is 5.75 Å². The molecule has 0 spiro atoms. The van der Waals surface area contributed by atoms with Gasteiger partial charge in [-0.25, -0.2) is 0 Å². The minimum Gasteiger partial charge on any atom is -0.488 e. The van der Waals surface area contributed by atoms with Crippen molar-refractivity contribution in [1.82, 2.24) is 0 Å². The summed E-state index contributed by atoms with van der Waals surface area (Å²) >= 11 is 0. The second kappa shape index (κ2) is 4.45. The molecule has 1 aliphatic heterocycles. The van der Waals surface area contributed by atoms with E-state index in [0.717, 1.165) is 37.2 Å². The highest BCUT2D eigenvalue weighted by Crippen LogP contribution is 2.36. The number of rotatable bonds is 2. The first-order valence-corrected chi connectivity index (χ1v) is 6.07. The van der Waals surface area contributed by atoms with Gasteiger partial charge in [-0.1, -0.05) is 6.42 Å². The zero-order chi connectivity index (χ0) is 11.7. The zero-order valence-electron chi connectivity index (χ0n) is 9.59. The van der Waals surface area contributed by atoms with E-state index in [1.165, 1.54) is 0 Å².